The molecule has 0 amide bonds. The number of rotatable bonds is 6. The van der Waals surface area contributed by atoms with Crippen LogP contribution >= 0.6 is 11.3 Å². The van der Waals surface area contributed by atoms with Crippen LogP contribution in [-0.2, 0) is 9.53 Å². The molecule has 0 spiro atoms. The molecule has 27 heavy (non-hydrogen) atoms. The maximum absolute atomic E-state index is 11.9. The Kier molecular flexibility index (Phi) is 6.13. The van der Waals surface area contributed by atoms with Gasteiger partial charge < -0.3 is 4.74 Å². The van der Waals surface area contributed by atoms with Gasteiger partial charge in [0.25, 0.3) is 0 Å². The molecule has 1 aliphatic carbocycles. The summed E-state index contributed by atoms with van der Waals surface area (Å²) in [6.45, 7) is 1.78. The number of hydrogen-bond acceptors (Lipinski definition) is 6. The van der Waals surface area contributed by atoms with Crippen molar-refractivity contribution in [2.75, 3.05) is 0 Å². The number of thiazole rings is 1. The zero-order valence-corrected chi connectivity index (χ0v) is 15.7. The molecule has 1 aliphatic rings. The molecular formula is C20H20N2O4S. The molecule has 0 fully saturated rings. The first-order chi connectivity index (χ1) is 13.0. The van der Waals surface area contributed by atoms with Gasteiger partial charge in [0.15, 0.2) is 0 Å². The number of fused-ring (bicyclic) bond motifs is 1. The van der Waals surface area contributed by atoms with Gasteiger partial charge in [0, 0.05) is 23.8 Å². The monoisotopic (exact) mass is 384 g/mol. The summed E-state index contributed by atoms with van der Waals surface area (Å²) in [6, 6.07) is 7.33. The van der Waals surface area contributed by atoms with Crippen LogP contribution in [0.15, 0.2) is 54.1 Å². The third-order valence-corrected chi connectivity index (χ3v) is 5.23. The quantitative estimate of drug-likeness (QED) is 0.316. The summed E-state index contributed by atoms with van der Waals surface area (Å²) in [4.78, 5) is 27.1. The molecule has 0 saturated heterocycles. The van der Waals surface area contributed by atoms with Crippen LogP contribution in [-0.4, -0.2) is 28.0 Å². The second-order valence-corrected chi connectivity index (χ2v) is 7.42. The van der Waals surface area contributed by atoms with Crippen LogP contribution < -0.4 is 0 Å². The molecule has 0 radical (unpaired) electrons. The molecule has 0 N–H and O–H groups in total. The molecule has 1 aromatic carbocycles. The molecule has 140 valence electrons. The Bertz CT molecular complexity index is 896. The van der Waals surface area contributed by atoms with Gasteiger partial charge in [-0.3, -0.25) is 10.1 Å². The minimum atomic E-state index is -0.568. The summed E-state index contributed by atoms with van der Waals surface area (Å²) < 4.78 is 6.42. The number of benzene rings is 1. The molecule has 7 heteroatoms. The van der Waals surface area contributed by atoms with Crippen molar-refractivity contribution in [3.63, 3.8) is 0 Å². The van der Waals surface area contributed by atoms with E-state index in [1.165, 1.54) is 6.08 Å². The van der Waals surface area contributed by atoms with Gasteiger partial charge in [-0.05, 0) is 43.2 Å². The minimum Gasteiger partial charge on any atom is -0.455 e. The molecule has 3 rings (SSSR count). The summed E-state index contributed by atoms with van der Waals surface area (Å²) in [7, 11) is 0. The van der Waals surface area contributed by atoms with E-state index in [1.54, 1.807) is 30.4 Å². The Balaban J connectivity index is 1.52. The lowest BCUT2D eigenvalue weighted by molar-refractivity contribution is -0.523. The van der Waals surface area contributed by atoms with Gasteiger partial charge in [-0.25, -0.2) is 9.78 Å². The van der Waals surface area contributed by atoms with E-state index in [2.05, 4.69) is 4.98 Å². The van der Waals surface area contributed by atoms with Crippen molar-refractivity contribution in [1.82, 2.24) is 4.98 Å². The first-order valence-corrected chi connectivity index (χ1v) is 9.58. The van der Waals surface area contributed by atoms with Crippen molar-refractivity contribution in [3.05, 3.63) is 69.3 Å². The Hall–Kier alpha value is -2.80. The van der Waals surface area contributed by atoms with Crippen molar-refractivity contribution in [2.45, 2.75) is 38.3 Å². The maximum Gasteiger partial charge on any atom is 0.331 e. The third kappa shape index (κ3) is 5.34. The molecule has 1 aromatic heterocycles. The summed E-state index contributed by atoms with van der Waals surface area (Å²) >= 11 is 1.57. The fourth-order valence-electron chi connectivity index (χ4n) is 2.85. The molecule has 0 bridgehead atoms. The number of para-hydroxylation sites is 1. The fourth-order valence-corrected chi connectivity index (χ4v) is 3.73. The SMILES string of the molecule is CC(/C=C\c1nc2ccccc2s1)OC(=O)/C=C/C1=CCCC([N+](=O)[O-])C1. The number of esters is 1. The largest absolute Gasteiger partial charge is 0.455 e. The van der Waals surface area contributed by atoms with Gasteiger partial charge in [0.05, 0.1) is 10.2 Å². The van der Waals surface area contributed by atoms with Crippen LogP contribution in [0, 0.1) is 10.1 Å². The number of hydrogen-bond donors (Lipinski definition) is 0. The number of aromatic nitrogens is 1. The molecule has 1 heterocycles. The Morgan fingerprint density at radius 2 is 2.22 bits per heavy atom. The standard InChI is InChI=1S/C20H20N2O4S/c1-14(9-11-19-21-17-7-2-3-8-18(17)27-19)26-20(23)12-10-15-5-4-6-16(13-15)22(24)25/h2-3,5,7-12,14,16H,4,6,13H2,1H3/b11-9-,12-10+. The van der Waals surface area contributed by atoms with Crippen LogP contribution in [0.4, 0.5) is 0 Å². The second kappa shape index (κ2) is 8.73. The van der Waals surface area contributed by atoms with E-state index in [4.69, 9.17) is 4.74 Å². The van der Waals surface area contributed by atoms with E-state index in [0.29, 0.717) is 19.3 Å². The second-order valence-electron chi connectivity index (χ2n) is 6.35. The molecule has 0 aliphatic heterocycles. The van der Waals surface area contributed by atoms with Crippen LogP contribution in [0.5, 0.6) is 0 Å². The molecule has 2 unspecified atom stereocenters. The van der Waals surface area contributed by atoms with Crippen molar-refractivity contribution in [2.24, 2.45) is 0 Å². The van der Waals surface area contributed by atoms with Gasteiger partial charge in [0.2, 0.25) is 6.04 Å². The fraction of sp³-hybridized carbons (Fsp3) is 0.300. The number of nitro groups is 1. The highest BCUT2D eigenvalue weighted by atomic mass is 32.1. The van der Waals surface area contributed by atoms with Gasteiger partial charge >= 0.3 is 5.97 Å². The maximum atomic E-state index is 11.9. The van der Waals surface area contributed by atoms with E-state index in [9.17, 15) is 14.9 Å². The van der Waals surface area contributed by atoms with Crippen molar-refractivity contribution < 1.29 is 14.5 Å². The van der Waals surface area contributed by atoms with Crippen molar-refractivity contribution >= 4 is 33.6 Å². The van der Waals surface area contributed by atoms with Crippen LogP contribution in [0.2, 0.25) is 0 Å². The lowest BCUT2D eigenvalue weighted by Gasteiger charge is -2.14. The molecule has 2 aromatic rings. The Morgan fingerprint density at radius 3 is 3.00 bits per heavy atom. The molecular weight excluding hydrogens is 364 g/mol. The zero-order chi connectivity index (χ0) is 19.2. The summed E-state index contributed by atoms with van der Waals surface area (Å²) in [5, 5.41) is 11.7. The summed E-state index contributed by atoms with van der Waals surface area (Å²) in [5.74, 6) is -0.472. The first-order valence-electron chi connectivity index (χ1n) is 8.76. The minimum absolute atomic E-state index is 0.256. The third-order valence-electron chi connectivity index (χ3n) is 4.23. The molecule has 6 nitrogen and oxygen atoms in total. The average molecular weight is 384 g/mol. The Labute approximate surface area is 161 Å². The van der Waals surface area contributed by atoms with Gasteiger partial charge in [0.1, 0.15) is 11.1 Å². The number of nitrogens with zero attached hydrogens (tertiary/aromatic N) is 2. The smallest absolute Gasteiger partial charge is 0.331 e. The zero-order valence-electron chi connectivity index (χ0n) is 14.9. The van der Waals surface area contributed by atoms with Crippen LogP contribution in [0.25, 0.3) is 16.3 Å². The lowest BCUT2D eigenvalue weighted by Crippen LogP contribution is -2.22. The number of carbonyl (C=O) groups excluding carboxylic acids is 1. The van der Waals surface area contributed by atoms with Crippen molar-refractivity contribution in [3.8, 4) is 0 Å². The summed E-state index contributed by atoms with van der Waals surface area (Å²) in [6.07, 6.45) is 9.65. The topological polar surface area (TPSA) is 82.3 Å². The molecule has 2 atom stereocenters. The van der Waals surface area contributed by atoms with E-state index >= 15 is 0 Å². The lowest BCUT2D eigenvalue weighted by atomic mass is 9.95. The highest BCUT2D eigenvalue weighted by Gasteiger charge is 2.23. The van der Waals surface area contributed by atoms with Gasteiger partial charge in [-0.15, -0.1) is 11.3 Å². The highest BCUT2D eigenvalue weighted by Crippen LogP contribution is 2.23. The van der Waals surface area contributed by atoms with Crippen LogP contribution in [0.3, 0.4) is 0 Å². The van der Waals surface area contributed by atoms with Crippen molar-refractivity contribution in [1.29, 1.82) is 0 Å². The first kappa shape index (κ1) is 19.0. The number of ether oxygens (including phenoxy) is 1. The number of allylic oxidation sites excluding steroid dienone is 2. The predicted octanol–water partition coefficient (Wildman–Crippen LogP) is 4.55. The predicted molar refractivity (Wildman–Crippen MR) is 106 cm³/mol. The molecule has 0 saturated carbocycles. The van der Waals surface area contributed by atoms with Gasteiger partial charge in [-0.1, -0.05) is 24.3 Å². The van der Waals surface area contributed by atoms with Gasteiger partial charge in [-0.2, -0.15) is 0 Å². The average Bonchev–Trinajstić information content (AvgIpc) is 3.08. The Morgan fingerprint density at radius 1 is 1.41 bits per heavy atom. The van der Waals surface area contributed by atoms with E-state index in [1.807, 2.05) is 36.4 Å². The normalized spacial score (nSPS) is 18.7. The van der Waals surface area contributed by atoms with E-state index in [-0.39, 0.29) is 4.92 Å². The van der Waals surface area contributed by atoms with E-state index in [0.717, 1.165) is 20.8 Å². The number of carbonyl (C=O) groups is 1. The summed E-state index contributed by atoms with van der Waals surface area (Å²) in [5.41, 5.74) is 1.75. The van der Waals surface area contributed by atoms with E-state index < -0.39 is 18.1 Å². The van der Waals surface area contributed by atoms with Crippen LogP contribution in [0.1, 0.15) is 31.2 Å². The highest BCUT2D eigenvalue weighted by molar-refractivity contribution is 7.19.